The molecule has 0 radical (unpaired) electrons. The Morgan fingerprint density at radius 1 is 1.21 bits per heavy atom. The summed E-state index contributed by atoms with van der Waals surface area (Å²) in [7, 11) is 0. The number of halogens is 1. The number of piperazine rings is 1. The van der Waals surface area contributed by atoms with E-state index < -0.39 is 0 Å². The average Bonchev–Trinajstić information content (AvgIpc) is 2.62. The maximum absolute atomic E-state index is 12.3. The molecule has 2 heterocycles. The van der Waals surface area contributed by atoms with E-state index in [1.54, 1.807) is 41.4 Å². The molecule has 1 fully saturated rings. The molecule has 1 saturated heterocycles. The molecule has 0 saturated carbocycles. The van der Waals surface area contributed by atoms with Crippen LogP contribution in [0.15, 0.2) is 42.6 Å². The lowest BCUT2D eigenvalue weighted by molar-refractivity contribution is 0.208. The molecule has 1 aliphatic rings. The number of pyridine rings is 1. The summed E-state index contributed by atoms with van der Waals surface area (Å²) in [5, 5.41) is 12.4. The number of nitrogens with zero attached hydrogens (tertiary/aromatic N) is 4. The molecule has 1 N–H and O–H groups in total. The fourth-order valence-electron chi connectivity index (χ4n) is 2.60. The molecule has 1 aromatic carbocycles. The van der Waals surface area contributed by atoms with Crippen LogP contribution in [0.2, 0.25) is 5.02 Å². The van der Waals surface area contributed by atoms with E-state index in [4.69, 9.17) is 16.9 Å². The Morgan fingerprint density at radius 3 is 2.71 bits per heavy atom. The van der Waals surface area contributed by atoms with Crippen molar-refractivity contribution in [3.05, 3.63) is 53.2 Å². The van der Waals surface area contributed by atoms with Gasteiger partial charge in [0.15, 0.2) is 0 Å². The third-order valence-electron chi connectivity index (χ3n) is 3.85. The van der Waals surface area contributed by atoms with E-state index in [9.17, 15) is 4.79 Å². The second-order valence-electron chi connectivity index (χ2n) is 5.41. The minimum Gasteiger partial charge on any atom is -0.352 e. The number of carbonyl (C=O) groups excluding carboxylic acids is 1. The van der Waals surface area contributed by atoms with Crippen molar-refractivity contribution in [1.82, 2.24) is 9.88 Å². The average molecular weight is 342 g/mol. The van der Waals surface area contributed by atoms with Crippen LogP contribution < -0.4 is 10.2 Å². The quantitative estimate of drug-likeness (QED) is 0.911. The van der Waals surface area contributed by atoms with Crippen LogP contribution in [0.5, 0.6) is 0 Å². The molecule has 6 nitrogen and oxygen atoms in total. The van der Waals surface area contributed by atoms with Gasteiger partial charge in [-0.3, -0.25) is 0 Å². The number of amides is 2. The summed E-state index contributed by atoms with van der Waals surface area (Å²) < 4.78 is 0. The molecule has 7 heteroatoms. The van der Waals surface area contributed by atoms with Gasteiger partial charge in [0, 0.05) is 38.1 Å². The van der Waals surface area contributed by atoms with E-state index in [-0.39, 0.29) is 6.03 Å². The fraction of sp³-hybridized carbons (Fsp3) is 0.235. The van der Waals surface area contributed by atoms with Crippen LogP contribution in [0, 0.1) is 11.3 Å². The van der Waals surface area contributed by atoms with E-state index in [1.165, 1.54) is 0 Å². The Bertz CT molecular complexity index is 781. The van der Waals surface area contributed by atoms with Crippen molar-refractivity contribution in [2.45, 2.75) is 0 Å². The Labute approximate surface area is 145 Å². The van der Waals surface area contributed by atoms with Gasteiger partial charge in [0.05, 0.1) is 16.7 Å². The van der Waals surface area contributed by atoms with Crippen molar-refractivity contribution < 1.29 is 4.79 Å². The summed E-state index contributed by atoms with van der Waals surface area (Å²) in [6, 6.07) is 12.4. The molecule has 2 amide bonds. The van der Waals surface area contributed by atoms with E-state index >= 15 is 0 Å². The molecule has 122 valence electrons. The van der Waals surface area contributed by atoms with Gasteiger partial charge >= 0.3 is 6.03 Å². The molecular formula is C17H16ClN5O. The van der Waals surface area contributed by atoms with Gasteiger partial charge in [0.2, 0.25) is 0 Å². The maximum Gasteiger partial charge on any atom is 0.321 e. The van der Waals surface area contributed by atoms with Crippen LogP contribution in [0.25, 0.3) is 0 Å². The van der Waals surface area contributed by atoms with Crippen molar-refractivity contribution in [2.24, 2.45) is 0 Å². The Morgan fingerprint density at radius 2 is 2.00 bits per heavy atom. The zero-order valence-electron chi connectivity index (χ0n) is 12.9. The number of rotatable bonds is 2. The number of nitriles is 1. The minimum atomic E-state index is -0.170. The van der Waals surface area contributed by atoms with Crippen molar-refractivity contribution in [1.29, 1.82) is 5.26 Å². The number of benzene rings is 1. The highest BCUT2D eigenvalue weighted by molar-refractivity contribution is 6.32. The Hall–Kier alpha value is -2.78. The summed E-state index contributed by atoms with van der Waals surface area (Å²) in [6.07, 6.45) is 1.71. The van der Waals surface area contributed by atoms with Gasteiger partial charge in [-0.2, -0.15) is 5.26 Å². The van der Waals surface area contributed by atoms with Crippen molar-refractivity contribution in [2.75, 3.05) is 36.4 Å². The highest BCUT2D eigenvalue weighted by atomic mass is 35.5. The van der Waals surface area contributed by atoms with Gasteiger partial charge in [0.25, 0.3) is 0 Å². The summed E-state index contributed by atoms with van der Waals surface area (Å²) in [6.45, 7) is 2.50. The second kappa shape index (κ2) is 7.20. The SMILES string of the molecule is N#Cc1cccc(NC(=O)N2CCN(c3ncccc3Cl)CC2)c1. The zero-order chi connectivity index (χ0) is 16.9. The Kier molecular flexibility index (Phi) is 4.82. The molecule has 0 aliphatic carbocycles. The summed E-state index contributed by atoms with van der Waals surface area (Å²) in [4.78, 5) is 20.5. The van der Waals surface area contributed by atoms with Crippen LogP contribution in [-0.4, -0.2) is 42.1 Å². The number of aromatic nitrogens is 1. The van der Waals surface area contributed by atoms with Crippen LogP contribution in [0.1, 0.15) is 5.56 Å². The number of nitrogens with one attached hydrogen (secondary N) is 1. The first-order chi connectivity index (χ1) is 11.7. The third-order valence-corrected chi connectivity index (χ3v) is 4.14. The van der Waals surface area contributed by atoms with Gasteiger partial charge in [-0.05, 0) is 30.3 Å². The molecule has 1 aromatic heterocycles. The predicted octanol–water partition coefficient (Wildman–Crippen LogP) is 2.96. The summed E-state index contributed by atoms with van der Waals surface area (Å²) >= 11 is 6.17. The molecular weight excluding hydrogens is 326 g/mol. The van der Waals surface area contributed by atoms with Gasteiger partial charge in [-0.1, -0.05) is 17.7 Å². The number of hydrogen-bond acceptors (Lipinski definition) is 4. The fourth-order valence-corrected chi connectivity index (χ4v) is 2.84. The number of urea groups is 1. The lowest BCUT2D eigenvalue weighted by Crippen LogP contribution is -2.50. The molecule has 3 rings (SSSR count). The molecule has 1 aliphatic heterocycles. The monoisotopic (exact) mass is 341 g/mol. The van der Waals surface area contributed by atoms with E-state index in [2.05, 4.69) is 21.3 Å². The third kappa shape index (κ3) is 3.58. The largest absolute Gasteiger partial charge is 0.352 e. The first kappa shape index (κ1) is 16.1. The van der Waals surface area contributed by atoms with Gasteiger partial charge in [0.1, 0.15) is 5.82 Å². The molecule has 0 atom stereocenters. The summed E-state index contributed by atoms with van der Waals surface area (Å²) in [5.74, 6) is 0.751. The highest BCUT2D eigenvalue weighted by Gasteiger charge is 2.23. The zero-order valence-corrected chi connectivity index (χ0v) is 13.7. The van der Waals surface area contributed by atoms with E-state index in [0.717, 1.165) is 5.82 Å². The van der Waals surface area contributed by atoms with E-state index in [1.807, 2.05) is 6.07 Å². The van der Waals surface area contributed by atoms with Crippen LogP contribution in [0.3, 0.4) is 0 Å². The lowest BCUT2D eigenvalue weighted by atomic mass is 10.2. The normalized spacial score (nSPS) is 14.2. The number of hydrogen-bond donors (Lipinski definition) is 1. The van der Waals surface area contributed by atoms with Gasteiger partial charge in [-0.25, -0.2) is 9.78 Å². The lowest BCUT2D eigenvalue weighted by Gasteiger charge is -2.35. The maximum atomic E-state index is 12.3. The van der Waals surface area contributed by atoms with Crippen molar-refractivity contribution in [3.8, 4) is 6.07 Å². The number of carbonyl (C=O) groups is 1. The molecule has 2 aromatic rings. The molecule has 0 spiro atoms. The van der Waals surface area contributed by atoms with Crippen molar-refractivity contribution in [3.63, 3.8) is 0 Å². The highest BCUT2D eigenvalue weighted by Crippen LogP contribution is 2.23. The molecule has 0 bridgehead atoms. The standard InChI is InChI=1S/C17H16ClN5O/c18-15-5-2-6-20-16(15)22-7-9-23(10-8-22)17(24)21-14-4-1-3-13(11-14)12-19/h1-6,11H,7-10H2,(H,21,24). The first-order valence-corrected chi connectivity index (χ1v) is 7.97. The summed E-state index contributed by atoms with van der Waals surface area (Å²) in [5.41, 5.74) is 1.14. The van der Waals surface area contributed by atoms with Crippen LogP contribution in [0.4, 0.5) is 16.3 Å². The van der Waals surface area contributed by atoms with Crippen LogP contribution >= 0.6 is 11.6 Å². The smallest absolute Gasteiger partial charge is 0.321 e. The number of anilines is 2. The topological polar surface area (TPSA) is 72.3 Å². The predicted molar refractivity (Wildman–Crippen MR) is 93.2 cm³/mol. The molecule has 24 heavy (non-hydrogen) atoms. The Balaban J connectivity index is 1.59. The second-order valence-corrected chi connectivity index (χ2v) is 5.81. The van der Waals surface area contributed by atoms with Crippen molar-refractivity contribution >= 4 is 29.1 Å². The minimum absolute atomic E-state index is 0.170. The molecule has 0 unspecified atom stereocenters. The first-order valence-electron chi connectivity index (χ1n) is 7.59. The van der Waals surface area contributed by atoms with Gasteiger partial charge < -0.3 is 15.1 Å². The van der Waals surface area contributed by atoms with Gasteiger partial charge in [-0.15, -0.1) is 0 Å². The van der Waals surface area contributed by atoms with Crippen LogP contribution in [-0.2, 0) is 0 Å². The van der Waals surface area contributed by atoms with E-state index in [0.29, 0.717) is 42.5 Å².